The lowest BCUT2D eigenvalue weighted by atomic mass is 10.1. The van der Waals surface area contributed by atoms with E-state index in [1.807, 2.05) is 61.5 Å². The standard InChI is InChI=1S/C20H22FNO3/c1-14(16-6-4-3-5-7-16)22(19-12-18(19)21)20(23)25-13-15-8-10-17(24-2)11-9-15/h3-11,14,18-19H,12-13H2,1-2H3/t14-,18-,19+/m0/s1. The van der Waals surface area contributed by atoms with E-state index in [1.54, 1.807) is 7.11 Å². The molecular weight excluding hydrogens is 321 g/mol. The molecule has 0 heterocycles. The minimum atomic E-state index is -0.973. The second-order valence-electron chi connectivity index (χ2n) is 6.22. The van der Waals surface area contributed by atoms with Crippen LogP contribution in [0.1, 0.15) is 30.5 Å². The Morgan fingerprint density at radius 1 is 1.20 bits per heavy atom. The molecule has 2 aromatic carbocycles. The Bertz CT molecular complexity index is 705. The number of halogens is 1. The first-order chi connectivity index (χ1) is 12.1. The van der Waals surface area contributed by atoms with Gasteiger partial charge in [0.05, 0.1) is 19.2 Å². The van der Waals surface area contributed by atoms with E-state index in [9.17, 15) is 9.18 Å². The average molecular weight is 343 g/mol. The van der Waals surface area contributed by atoms with Gasteiger partial charge in [0.1, 0.15) is 18.5 Å². The van der Waals surface area contributed by atoms with Crippen LogP contribution in [0.15, 0.2) is 54.6 Å². The zero-order valence-electron chi connectivity index (χ0n) is 14.4. The van der Waals surface area contributed by atoms with E-state index in [1.165, 1.54) is 4.90 Å². The third-order valence-corrected chi connectivity index (χ3v) is 4.47. The molecule has 0 unspecified atom stereocenters. The molecule has 1 saturated carbocycles. The number of nitrogens with zero attached hydrogens (tertiary/aromatic N) is 1. The van der Waals surface area contributed by atoms with Crippen molar-refractivity contribution < 1.29 is 18.7 Å². The third kappa shape index (κ3) is 4.10. The molecule has 1 amide bonds. The first-order valence-corrected chi connectivity index (χ1v) is 8.37. The van der Waals surface area contributed by atoms with Crippen LogP contribution in [0.4, 0.5) is 9.18 Å². The molecule has 0 aromatic heterocycles. The Hall–Kier alpha value is -2.56. The maximum absolute atomic E-state index is 13.6. The molecule has 2 aromatic rings. The predicted octanol–water partition coefficient (Wildman–Crippen LogP) is 4.51. The third-order valence-electron chi connectivity index (χ3n) is 4.47. The number of carbonyl (C=O) groups is 1. The molecule has 3 rings (SSSR count). The number of rotatable bonds is 6. The summed E-state index contributed by atoms with van der Waals surface area (Å²) in [7, 11) is 1.60. The zero-order valence-corrected chi connectivity index (χ0v) is 14.4. The number of amides is 1. The molecule has 25 heavy (non-hydrogen) atoms. The first-order valence-electron chi connectivity index (χ1n) is 8.37. The minimum absolute atomic E-state index is 0.143. The van der Waals surface area contributed by atoms with Gasteiger partial charge in [0.25, 0.3) is 0 Å². The normalized spacial score (nSPS) is 19.8. The highest BCUT2D eigenvalue weighted by Gasteiger charge is 2.47. The van der Waals surface area contributed by atoms with Gasteiger partial charge in [-0.25, -0.2) is 9.18 Å². The Labute approximate surface area is 147 Å². The number of benzene rings is 2. The lowest BCUT2D eigenvalue weighted by molar-refractivity contribution is 0.0760. The van der Waals surface area contributed by atoms with Crippen LogP contribution in [0, 0.1) is 0 Å². The second kappa shape index (κ2) is 7.55. The number of hydrogen-bond acceptors (Lipinski definition) is 3. The van der Waals surface area contributed by atoms with Crippen LogP contribution in [0.2, 0.25) is 0 Å². The summed E-state index contributed by atoms with van der Waals surface area (Å²) in [5.74, 6) is 0.743. The quantitative estimate of drug-likeness (QED) is 0.775. The summed E-state index contributed by atoms with van der Waals surface area (Å²) in [6.45, 7) is 2.04. The van der Waals surface area contributed by atoms with E-state index in [0.29, 0.717) is 6.42 Å². The van der Waals surface area contributed by atoms with Crippen molar-refractivity contribution in [2.75, 3.05) is 7.11 Å². The van der Waals surface area contributed by atoms with Gasteiger partial charge in [0.2, 0.25) is 0 Å². The van der Waals surface area contributed by atoms with E-state index in [0.717, 1.165) is 16.9 Å². The minimum Gasteiger partial charge on any atom is -0.497 e. The van der Waals surface area contributed by atoms with Gasteiger partial charge in [-0.15, -0.1) is 0 Å². The van der Waals surface area contributed by atoms with Crippen molar-refractivity contribution in [1.29, 1.82) is 0 Å². The molecule has 132 valence electrons. The number of hydrogen-bond donors (Lipinski definition) is 0. The summed E-state index contributed by atoms with van der Waals surface area (Å²) < 4.78 is 24.2. The summed E-state index contributed by atoms with van der Waals surface area (Å²) in [6.07, 6.45) is -1.09. The van der Waals surface area contributed by atoms with Gasteiger partial charge in [-0.2, -0.15) is 0 Å². The smallest absolute Gasteiger partial charge is 0.410 e. The molecule has 5 heteroatoms. The number of carbonyl (C=O) groups excluding carboxylic acids is 1. The average Bonchev–Trinajstić information content (AvgIpc) is 3.37. The Morgan fingerprint density at radius 3 is 2.40 bits per heavy atom. The fourth-order valence-electron chi connectivity index (χ4n) is 2.85. The molecule has 0 N–H and O–H groups in total. The highest BCUT2D eigenvalue weighted by Crippen LogP contribution is 2.37. The van der Waals surface area contributed by atoms with Crippen molar-refractivity contribution in [3.05, 3.63) is 65.7 Å². The zero-order chi connectivity index (χ0) is 17.8. The monoisotopic (exact) mass is 343 g/mol. The number of alkyl halides is 1. The summed E-state index contributed by atoms with van der Waals surface area (Å²) in [4.78, 5) is 14.1. The Kier molecular flexibility index (Phi) is 5.22. The maximum Gasteiger partial charge on any atom is 0.410 e. The Balaban J connectivity index is 1.67. The van der Waals surface area contributed by atoms with Crippen molar-refractivity contribution in [1.82, 2.24) is 4.90 Å². The van der Waals surface area contributed by atoms with Crippen LogP contribution < -0.4 is 4.74 Å². The first kappa shape index (κ1) is 17.3. The fourth-order valence-corrected chi connectivity index (χ4v) is 2.85. The van der Waals surface area contributed by atoms with Gasteiger partial charge >= 0.3 is 6.09 Å². The molecule has 1 aliphatic rings. The van der Waals surface area contributed by atoms with Crippen molar-refractivity contribution in [2.45, 2.75) is 38.2 Å². The Morgan fingerprint density at radius 2 is 1.84 bits per heavy atom. The summed E-state index contributed by atoms with van der Waals surface area (Å²) >= 11 is 0. The highest BCUT2D eigenvalue weighted by atomic mass is 19.1. The topological polar surface area (TPSA) is 38.8 Å². The van der Waals surface area contributed by atoms with E-state index < -0.39 is 18.3 Å². The molecule has 3 atom stereocenters. The summed E-state index contributed by atoms with van der Waals surface area (Å²) in [5, 5.41) is 0. The van der Waals surface area contributed by atoms with Gasteiger partial charge in [-0.3, -0.25) is 4.90 Å². The van der Waals surface area contributed by atoms with E-state index in [4.69, 9.17) is 9.47 Å². The van der Waals surface area contributed by atoms with Crippen LogP contribution in [0.3, 0.4) is 0 Å². The van der Waals surface area contributed by atoms with E-state index in [-0.39, 0.29) is 12.6 Å². The fraction of sp³-hybridized carbons (Fsp3) is 0.350. The summed E-state index contributed by atoms with van der Waals surface area (Å²) in [6, 6.07) is 16.3. The lowest BCUT2D eigenvalue weighted by Crippen LogP contribution is -2.37. The molecule has 0 radical (unpaired) electrons. The van der Waals surface area contributed by atoms with Gasteiger partial charge in [-0.05, 0) is 30.2 Å². The summed E-state index contributed by atoms with van der Waals surface area (Å²) in [5.41, 5.74) is 1.82. The number of ether oxygens (including phenoxy) is 2. The van der Waals surface area contributed by atoms with Gasteiger partial charge < -0.3 is 9.47 Å². The lowest BCUT2D eigenvalue weighted by Gasteiger charge is -2.28. The highest BCUT2D eigenvalue weighted by molar-refractivity contribution is 5.69. The maximum atomic E-state index is 13.6. The second-order valence-corrected chi connectivity index (χ2v) is 6.22. The molecule has 0 aliphatic heterocycles. The van der Waals surface area contributed by atoms with E-state index >= 15 is 0 Å². The molecule has 1 aliphatic carbocycles. The van der Waals surface area contributed by atoms with Crippen molar-refractivity contribution in [3.8, 4) is 5.75 Å². The van der Waals surface area contributed by atoms with E-state index in [2.05, 4.69) is 0 Å². The number of methoxy groups -OCH3 is 1. The molecule has 0 spiro atoms. The largest absolute Gasteiger partial charge is 0.497 e. The van der Waals surface area contributed by atoms with Crippen LogP contribution in [-0.2, 0) is 11.3 Å². The molecule has 0 saturated heterocycles. The van der Waals surface area contributed by atoms with Gasteiger partial charge in [0.15, 0.2) is 0 Å². The molecular formula is C20H22FNO3. The molecule has 1 fully saturated rings. The van der Waals surface area contributed by atoms with Crippen LogP contribution in [-0.4, -0.2) is 30.3 Å². The van der Waals surface area contributed by atoms with Gasteiger partial charge in [0, 0.05) is 6.42 Å². The van der Waals surface area contributed by atoms with Gasteiger partial charge in [-0.1, -0.05) is 42.5 Å². The van der Waals surface area contributed by atoms with Crippen molar-refractivity contribution in [2.24, 2.45) is 0 Å². The van der Waals surface area contributed by atoms with Crippen molar-refractivity contribution >= 4 is 6.09 Å². The SMILES string of the molecule is COc1ccc(COC(=O)N([C@@H]2C[C@@H]2F)[C@@H](C)c2ccccc2)cc1. The van der Waals surface area contributed by atoms with Crippen LogP contribution in [0.25, 0.3) is 0 Å². The molecule has 0 bridgehead atoms. The van der Waals surface area contributed by atoms with Crippen molar-refractivity contribution in [3.63, 3.8) is 0 Å². The van der Waals surface area contributed by atoms with Crippen LogP contribution >= 0.6 is 0 Å². The molecule has 4 nitrogen and oxygen atoms in total. The predicted molar refractivity (Wildman–Crippen MR) is 93.2 cm³/mol. The van der Waals surface area contributed by atoms with Crippen LogP contribution in [0.5, 0.6) is 5.75 Å².